The van der Waals surface area contributed by atoms with Gasteiger partial charge in [0.05, 0.1) is 11.4 Å². The summed E-state index contributed by atoms with van der Waals surface area (Å²) in [5, 5.41) is 2.71. The zero-order valence-electron chi connectivity index (χ0n) is 16.1. The van der Waals surface area contributed by atoms with Crippen molar-refractivity contribution in [3.05, 3.63) is 48.5 Å². The van der Waals surface area contributed by atoms with E-state index in [1.54, 1.807) is 18.8 Å². The summed E-state index contributed by atoms with van der Waals surface area (Å²) in [7, 11) is 1.67. The van der Waals surface area contributed by atoms with Gasteiger partial charge in [0.25, 0.3) is 0 Å². The van der Waals surface area contributed by atoms with Gasteiger partial charge in [-0.3, -0.25) is 9.59 Å². The lowest BCUT2D eigenvalue weighted by atomic mass is 9.96. The van der Waals surface area contributed by atoms with Gasteiger partial charge in [-0.15, -0.1) is 0 Å². The maximum absolute atomic E-state index is 12.8. The van der Waals surface area contributed by atoms with Gasteiger partial charge in [0.2, 0.25) is 11.8 Å². The molecule has 2 aromatic rings. The highest BCUT2D eigenvalue weighted by molar-refractivity contribution is 7.99. The van der Waals surface area contributed by atoms with Crippen molar-refractivity contribution in [3.63, 3.8) is 0 Å². The van der Waals surface area contributed by atoms with Gasteiger partial charge in [0, 0.05) is 48.8 Å². The topological polar surface area (TPSA) is 52.7 Å². The molecule has 2 aliphatic rings. The standard InChI is InChI=1S/C22H25N3O2S/c1-23-22(27)16-10-13-24(14-11-16)21(26)12-15-25-17-6-2-4-8-19(17)28-20-9-5-3-7-18(20)25/h2-9,16H,10-15H2,1H3,(H,23,27). The van der Waals surface area contributed by atoms with Crippen LogP contribution in [0.15, 0.2) is 58.3 Å². The van der Waals surface area contributed by atoms with E-state index in [-0.39, 0.29) is 17.7 Å². The molecule has 1 saturated heterocycles. The number of para-hydroxylation sites is 2. The van der Waals surface area contributed by atoms with E-state index < -0.39 is 0 Å². The quantitative estimate of drug-likeness (QED) is 0.858. The van der Waals surface area contributed by atoms with E-state index in [1.165, 1.54) is 9.79 Å². The largest absolute Gasteiger partial charge is 0.359 e. The Labute approximate surface area is 170 Å². The molecular weight excluding hydrogens is 370 g/mol. The summed E-state index contributed by atoms with van der Waals surface area (Å²) in [5.41, 5.74) is 2.33. The highest BCUT2D eigenvalue weighted by Gasteiger charge is 2.28. The smallest absolute Gasteiger partial charge is 0.224 e. The molecule has 0 unspecified atom stereocenters. The minimum atomic E-state index is 0.0342. The predicted molar refractivity (Wildman–Crippen MR) is 112 cm³/mol. The van der Waals surface area contributed by atoms with E-state index in [0.29, 0.717) is 26.1 Å². The molecule has 0 saturated carbocycles. The summed E-state index contributed by atoms with van der Waals surface area (Å²) in [5.74, 6) is 0.293. The average molecular weight is 396 g/mol. The van der Waals surface area contributed by atoms with E-state index in [2.05, 4.69) is 46.6 Å². The van der Waals surface area contributed by atoms with Gasteiger partial charge in [0.15, 0.2) is 0 Å². The number of amides is 2. The number of fused-ring (bicyclic) bond motifs is 2. The van der Waals surface area contributed by atoms with Crippen LogP contribution in [0.2, 0.25) is 0 Å². The molecule has 2 amide bonds. The number of piperidine rings is 1. The number of carbonyl (C=O) groups is 2. The second-order valence-electron chi connectivity index (χ2n) is 7.21. The third-order valence-corrected chi connectivity index (χ3v) is 6.68. The molecule has 0 radical (unpaired) electrons. The number of hydrogen-bond acceptors (Lipinski definition) is 4. The van der Waals surface area contributed by atoms with E-state index in [9.17, 15) is 9.59 Å². The van der Waals surface area contributed by atoms with Crippen molar-refractivity contribution in [2.45, 2.75) is 29.1 Å². The summed E-state index contributed by atoms with van der Waals surface area (Å²) in [6.07, 6.45) is 1.97. The van der Waals surface area contributed by atoms with Crippen LogP contribution in [0.25, 0.3) is 0 Å². The second kappa shape index (κ2) is 8.27. The van der Waals surface area contributed by atoms with E-state index >= 15 is 0 Å². The first kappa shape index (κ1) is 18.9. The highest BCUT2D eigenvalue weighted by Crippen LogP contribution is 2.47. The lowest BCUT2D eigenvalue weighted by Crippen LogP contribution is -2.43. The number of benzene rings is 2. The van der Waals surface area contributed by atoms with Crippen LogP contribution >= 0.6 is 11.8 Å². The van der Waals surface area contributed by atoms with Crippen LogP contribution < -0.4 is 10.2 Å². The van der Waals surface area contributed by atoms with E-state index in [4.69, 9.17) is 0 Å². The second-order valence-corrected chi connectivity index (χ2v) is 8.29. The molecule has 0 aromatic heterocycles. The van der Waals surface area contributed by atoms with Crippen molar-refractivity contribution in [2.24, 2.45) is 5.92 Å². The lowest BCUT2D eigenvalue weighted by molar-refractivity contribution is -0.135. The lowest BCUT2D eigenvalue weighted by Gasteiger charge is -2.34. The Kier molecular flexibility index (Phi) is 5.57. The molecule has 2 aliphatic heterocycles. The first-order valence-corrected chi connectivity index (χ1v) is 10.6. The molecule has 4 rings (SSSR count). The number of anilines is 2. The highest BCUT2D eigenvalue weighted by atomic mass is 32.2. The van der Waals surface area contributed by atoms with Crippen LogP contribution in [0.4, 0.5) is 11.4 Å². The Morgan fingerprint density at radius 2 is 1.57 bits per heavy atom. The van der Waals surface area contributed by atoms with Crippen LogP contribution in [-0.2, 0) is 9.59 Å². The van der Waals surface area contributed by atoms with Gasteiger partial charge in [-0.1, -0.05) is 36.0 Å². The predicted octanol–water partition coefficient (Wildman–Crippen LogP) is 3.66. The van der Waals surface area contributed by atoms with Crippen LogP contribution in [0.3, 0.4) is 0 Å². The van der Waals surface area contributed by atoms with Crippen LogP contribution in [0.1, 0.15) is 19.3 Å². The van der Waals surface area contributed by atoms with E-state index in [0.717, 1.165) is 24.2 Å². The zero-order valence-corrected chi connectivity index (χ0v) is 16.9. The molecule has 0 aliphatic carbocycles. The number of carbonyl (C=O) groups excluding carboxylic acids is 2. The fourth-order valence-electron chi connectivity index (χ4n) is 3.98. The summed E-state index contributed by atoms with van der Waals surface area (Å²) in [6.45, 7) is 1.99. The molecule has 2 aromatic carbocycles. The maximum atomic E-state index is 12.8. The summed E-state index contributed by atoms with van der Waals surface area (Å²) in [4.78, 5) is 31.2. The maximum Gasteiger partial charge on any atom is 0.224 e. The molecule has 0 atom stereocenters. The molecule has 6 heteroatoms. The first-order valence-electron chi connectivity index (χ1n) is 9.80. The molecule has 1 fully saturated rings. The summed E-state index contributed by atoms with van der Waals surface area (Å²) >= 11 is 1.78. The van der Waals surface area contributed by atoms with Crippen molar-refractivity contribution in [3.8, 4) is 0 Å². The summed E-state index contributed by atoms with van der Waals surface area (Å²) < 4.78 is 0. The Balaban J connectivity index is 1.43. The van der Waals surface area contributed by atoms with Gasteiger partial charge in [-0.05, 0) is 37.1 Å². The molecule has 146 valence electrons. The van der Waals surface area contributed by atoms with Crippen molar-refractivity contribution >= 4 is 35.0 Å². The molecular formula is C22H25N3O2S. The normalized spacial score (nSPS) is 16.3. The SMILES string of the molecule is CNC(=O)C1CCN(C(=O)CCN2c3ccccc3Sc3ccccc32)CC1. The zero-order chi connectivity index (χ0) is 19.5. The fourth-order valence-corrected chi connectivity index (χ4v) is 5.08. The Morgan fingerprint density at radius 1 is 1.00 bits per heavy atom. The Morgan fingerprint density at radius 3 is 2.14 bits per heavy atom. The van der Waals surface area contributed by atoms with Crippen LogP contribution in [0, 0.1) is 5.92 Å². The molecule has 5 nitrogen and oxygen atoms in total. The Hall–Kier alpha value is -2.47. The third-order valence-electron chi connectivity index (χ3n) is 5.55. The van der Waals surface area contributed by atoms with Crippen molar-refractivity contribution in [2.75, 3.05) is 31.6 Å². The molecule has 28 heavy (non-hydrogen) atoms. The molecule has 0 bridgehead atoms. The minimum absolute atomic E-state index is 0.0342. The van der Waals surface area contributed by atoms with Gasteiger partial charge >= 0.3 is 0 Å². The van der Waals surface area contributed by atoms with E-state index in [1.807, 2.05) is 17.0 Å². The average Bonchev–Trinajstić information content (AvgIpc) is 2.76. The molecule has 1 N–H and O–H groups in total. The van der Waals surface area contributed by atoms with Gasteiger partial charge in [-0.2, -0.15) is 0 Å². The van der Waals surface area contributed by atoms with Crippen LogP contribution in [0.5, 0.6) is 0 Å². The number of hydrogen-bond donors (Lipinski definition) is 1. The van der Waals surface area contributed by atoms with Gasteiger partial charge in [-0.25, -0.2) is 0 Å². The summed E-state index contributed by atoms with van der Waals surface area (Å²) in [6, 6.07) is 16.7. The first-order chi connectivity index (χ1) is 13.7. The molecule has 2 heterocycles. The fraction of sp³-hybridized carbons (Fsp3) is 0.364. The van der Waals surface area contributed by atoms with Crippen molar-refractivity contribution < 1.29 is 9.59 Å². The van der Waals surface area contributed by atoms with Crippen LogP contribution in [-0.4, -0.2) is 43.4 Å². The van der Waals surface area contributed by atoms with Crippen molar-refractivity contribution in [1.29, 1.82) is 0 Å². The number of likely N-dealkylation sites (tertiary alicyclic amines) is 1. The molecule has 0 spiro atoms. The number of nitrogens with one attached hydrogen (secondary N) is 1. The monoisotopic (exact) mass is 395 g/mol. The third kappa shape index (κ3) is 3.74. The minimum Gasteiger partial charge on any atom is -0.359 e. The number of nitrogens with zero attached hydrogens (tertiary/aromatic N) is 2. The van der Waals surface area contributed by atoms with Crippen molar-refractivity contribution in [1.82, 2.24) is 10.2 Å². The van der Waals surface area contributed by atoms with Gasteiger partial charge < -0.3 is 15.1 Å². The number of rotatable bonds is 4. The van der Waals surface area contributed by atoms with Gasteiger partial charge in [0.1, 0.15) is 0 Å². The Bertz CT molecular complexity index is 832.